The van der Waals surface area contributed by atoms with Crippen LogP contribution in [0.1, 0.15) is 25.3 Å². The zero-order chi connectivity index (χ0) is 16.2. The van der Waals surface area contributed by atoms with Crippen molar-refractivity contribution in [3.8, 4) is 0 Å². The summed E-state index contributed by atoms with van der Waals surface area (Å²) < 4.78 is 5.51. The first kappa shape index (κ1) is 16.0. The number of hydrogen-bond acceptors (Lipinski definition) is 4. The lowest BCUT2D eigenvalue weighted by Gasteiger charge is -2.28. The van der Waals surface area contributed by atoms with Crippen LogP contribution in [-0.4, -0.2) is 24.8 Å². The van der Waals surface area contributed by atoms with E-state index in [1.807, 2.05) is 18.2 Å². The Hall–Kier alpha value is -1.91. The lowest BCUT2D eigenvalue weighted by molar-refractivity contribution is -0.154. The van der Waals surface area contributed by atoms with E-state index in [1.165, 1.54) is 5.39 Å². The van der Waals surface area contributed by atoms with Gasteiger partial charge in [0.15, 0.2) is 6.23 Å². The Bertz CT molecular complexity index is 686. The summed E-state index contributed by atoms with van der Waals surface area (Å²) in [6, 6.07) is 13.7. The van der Waals surface area contributed by atoms with E-state index in [0.717, 1.165) is 30.3 Å². The number of carbonyl (C=O) groups is 1. The van der Waals surface area contributed by atoms with Gasteiger partial charge in [0.2, 0.25) is 0 Å². The zero-order valence-electron chi connectivity index (χ0n) is 13.5. The molecule has 0 spiro atoms. The number of benzene rings is 2. The van der Waals surface area contributed by atoms with Crippen LogP contribution in [0.3, 0.4) is 0 Å². The van der Waals surface area contributed by atoms with E-state index in [0.29, 0.717) is 12.3 Å². The Morgan fingerprint density at radius 3 is 2.87 bits per heavy atom. The van der Waals surface area contributed by atoms with Crippen LogP contribution in [-0.2, 0) is 16.0 Å². The third kappa shape index (κ3) is 4.09. The molecule has 0 aromatic heterocycles. The van der Waals surface area contributed by atoms with Crippen LogP contribution in [0.4, 0.5) is 0 Å². The van der Waals surface area contributed by atoms with Crippen LogP contribution >= 0.6 is 0 Å². The highest BCUT2D eigenvalue weighted by Gasteiger charge is 2.24. The minimum Gasteiger partial charge on any atom is -0.445 e. The molecule has 122 valence electrons. The average molecular weight is 312 g/mol. The van der Waals surface area contributed by atoms with E-state index in [9.17, 15) is 4.79 Å². The van der Waals surface area contributed by atoms with E-state index in [2.05, 4.69) is 36.5 Å². The number of esters is 1. The molecule has 2 aromatic carbocycles. The first-order chi connectivity index (χ1) is 11.1. The van der Waals surface area contributed by atoms with Gasteiger partial charge in [0.25, 0.3) is 0 Å². The van der Waals surface area contributed by atoms with E-state index in [1.54, 1.807) is 0 Å². The molecule has 23 heavy (non-hydrogen) atoms. The molecule has 4 nitrogen and oxygen atoms in total. The Labute approximate surface area is 137 Å². The summed E-state index contributed by atoms with van der Waals surface area (Å²) in [7, 11) is 0. The van der Waals surface area contributed by atoms with Crippen LogP contribution in [0.5, 0.6) is 0 Å². The van der Waals surface area contributed by atoms with Crippen LogP contribution in [0.25, 0.3) is 10.8 Å². The fraction of sp³-hybridized carbons (Fsp3) is 0.421. The van der Waals surface area contributed by atoms with Crippen molar-refractivity contribution < 1.29 is 9.53 Å². The maximum atomic E-state index is 12.2. The van der Waals surface area contributed by atoms with Crippen molar-refractivity contribution in [1.82, 2.24) is 5.32 Å². The van der Waals surface area contributed by atoms with Gasteiger partial charge in [-0.3, -0.25) is 10.1 Å². The third-order valence-electron chi connectivity index (χ3n) is 4.46. The predicted molar refractivity (Wildman–Crippen MR) is 91.9 cm³/mol. The molecule has 4 heteroatoms. The van der Waals surface area contributed by atoms with Gasteiger partial charge in [-0.05, 0) is 41.6 Å². The molecular formula is C19H24N2O2. The molecular weight excluding hydrogens is 288 g/mol. The minimum absolute atomic E-state index is 0.200. The van der Waals surface area contributed by atoms with Gasteiger partial charge in [-0.2, -0.15) is 0 Å². The number of nitrogens with two attached hydrogens (primary N) is 1. The normalized spacial score (nSPS) is 22.7. The number of ether oxygens (including phenoxy) is 1. The van der Waals surface area contributed by atoms with Gasteiger partial charge in [0.1, 0.15) is 6.04 Å². The number of hydrogen-bond donors (Lipinski definition) is 2. The van der Waals surface area contributed by atoms with Crippen molar-refractivity contribution in [2.45, 2.75) is 38.5 Å². The molecule has 3 N–H and O–H groups in total. The average Bonchev–Trinajstić information content (AvgIpc) is 2.54. The summed E-state index contributed by atoms with van der Waals surface area (Å²) in [5.74, 6) is 0.246. The lowest BCUT2D eigenvalue weighted by atomic mass is 9.99. The first-order valence-corrected chi connectivity index (χ1v) is 8.29. The second-order valence-corrected chi connectivity index (χ2v) is 6.50. The van der Waals surface area contributed by atoms with Crippen molar-refractivity contribution in [1.29, 1.82) is 0 Å². The minimum atomic E-state index is -0.629. The standard InChI is InChI=1S/C19H24N2O2/c1-13-8-9-21-18(10-13)23-19(22)17(20)12-14-6-7-15-4-2-3-5-16(15)11-14/h2-7,11,13,17-18,21H,8-10,12,20H2,1H3/t13?,17-,18?/m0/s1. The van der Waals surface area contributed by atoms with Gasteiger partial charge in [-0.1, -0.05) is 49.4 Å². The second-order valence-electron chi connectivity index (χ2n) is 6.50. The van der Waals surface area contributed by atoms with Gasteiger partial charge in [-0.15, -0.1) is 0 Å². The highest BCUT2D eigenvalue weighted by molar-refractivity contribution is 5.83. The van der Waals surface area contributed by atoms with Crippen molar-refractivity contribution in [2.75, 3.05) is 6.54 Å². The summed E-state index contributed by atoms with van der Waals surface area (Å²) in [5, 5.41) is 5.57. The molecule has 1 aliphatic rings. The van der Waals surface area contributed by atoms with Crippen LogP contribution < -0.4 is 11.1 Å². The number of rotatable bonds is 4. The predicted octanol–water partition coefficient (Wildman–Crippen LogP) is 2.60. The molecule has 1 aliphatic heterocycles. The molecule has 0 saturated carbocycles. The quantitative estimate of drug-likeness (QED) is 0.852. The molecule has 3 rings (SSSR count). The maximum absolute atomic E-state index is 12.2. The van der Waals surface area contributed by atoms with E-state index < -0.39 is 6.04 Å². The summed E-state index contributed by atoms with van der Waals surface area (Å²) >= 11 is 0. The topological polar surface area (TPSA) is 64.3 Å². The fourth-order valence-corrected chi connectivity index (χ4v) is 3.08. The molecule has 1 fully saturated rings. The van der Waals surface area contributed by atoms with E-state index in [-0.39, 0.29) is 12.2 Å². The molecule has 0 aliphatic carbocycles. The number of fused-ring (bicyclic) bond motifs is 1. The van der Waals surface area contributed by atoms with Gasteiger partial charge in [0, 0.05) is 6.42 Å². The smallest absolute Gasteiger partial charge is 0.324 e. The highest BCUT2D eigenvalue weighted by atomic mass is 16.6. The van der Waals surface area contributed by atoms with Crippen LogP contribution in [0, 0.1) is 5.92 Å². The maximum Gasteiger partial charge on any atom is 0.324 e. The summed E-state index contributed by atoms with van der Waals surface area (Å²) in [6.45, 7) is 3.07. The molecule has 2 aromatic rings. The summed E-state index contributed by atoms with van der Waals surface area (Å²) in [4.78, 5) is 12.2. The second kappa shape index (κ2) is 7.11. The molecule has 1 saturated heterocycles. The van der Waals surface area contributed by atoms with Crippen molar-refractivity contribution in [3.05, 3.63) is 48.0 Å². The zero-order valence-corrected chi connectivity index (χ0v) is 13.5. The molecule has 1 heterocycles. The number of piperidine rings is 1. The Morgan fingerprint density at radius 2 is 2.09 bits per heavy atom. The Balaban J connectivity index is 1.60. The monoisotopic (exact) mass is 312 g/mol. The SMILES string of the molecule is CC1CCNC(OC(=O)[C@@H](N)Cc2ccc3ccccc3c2)C1. The lowest BCUT2D eigenvalue weighted by Crippen LogP contribution is -2.44. The van der Waals surface area contributed by atoms with Gasteiger partial charge in [-0.25, -0.2) is 0 Å². The van der Waals surface area contributed by atoms with Crippen LogP contribution in [0.15, 0.2) is 42.5 Å². The molecule has 0 amide bonds. The van der Waals surface area contributed by atoms with Crippen LogP contribution in [0.2, 0.25) is 0 Å². The Kier molecular flexibility index (Phi) is 4.94. The van der Waals surface area contributed by atoms with Crippen molar-refractivity contribution in [3.63, 3.8) is 0 Å². The van der Waals surface area contributed by atoms with E-state index in [4.69, 9.17) is 10.5 Å². The van der Waals surface area contributed by atoms with Gasteiger partial charge in [0.05, 0.1) is 0 Å². The summed E-state index contributed by atoms with van der Waals surface area (Å²) in [6.07, 6.45) is 2.27. The molecule has 2 unspecified atom stereocenters. The van der Waals surface area contributed by atoms with E-state index >= 15 is 0 Å². The van der Waals surface area contributed by atoms with Gasteiger partial charge < -0.3 is 10.5 Å². The number of carbonyl (C=O) groups excluding carboxylic acids is 1. The molecule has 0 radical (unpaired) electrons. The van der Waals surface area contributed by atoms with Gasteiger partial charge >= 0.3 is 5.97 Å². The number of nitrogens with one attached hydrogen (secondary N) is 1. The largest absolute Gasteiger partial charge is 0.445 e. The third-order valence-corrected chi connectivity index (χ3v) is 4.46. The Morgan fingerprint density at radius 1 is 1.30 bits per heavy atom. The fourth-order valence-electron chi connectivity index (χ4n) is 3.08. The molecule has 3 atom stereocenters. The van der Waals surface area contributed by atoms with Crippen molar-refractivity contribution >= 4 is 16.7 Å². The molecule has 0 bridgehead atoms. The summed E-state index contributed by atoms with van der Waals surface area (Å²) in [5.41, 5.74) is 7.10. The highest BCUT2D eigenvalue weighted by Crippen LogP contribution is 2.18. The first-order valence-electron chi connectivity index (χ1n) is 8.29. The van der Waals surface area contributed by atoms with Crippen molar-refractivity contribution in [2.24, 2.45) is 11.7 Å².